The Kier molecular flexibility index (Phi) is 8.00. The first-order chi connectivity index (χ1) is 15.3. The smallest absolute Gasteiger partial charge is 0.319 e. The fraction of sp³-hybridized carbons (Fsp3) is 0.238. The normalized spacial score (nSPS) is 12.7. The van der Waals surface area contributed by atoms with Crippen LogP contribution in [-0.4, -0.2) is 28.2 Å². The van der Waals surface area contributed by atoms with Crippen LogP contribution in [0.1, 0.15) is 20.3 Å². The summed E-state index contributed by atoms with van der Waals surface area (Å²) >= 11 is 12.9. The van der Waals surface area contributed by atoms with Gasteiger partial charge in [-0.25, -0.2) is 9.18 Å². The van der Waals surface area contributed by atoms with E-state index in [0.29, 0.717) is 27.3 Å². The van der Waals surface area contributed by atoms with Crippen molar-refractivity contribution in [3.63, 3.8) is 0 Å². The number of hydrogen-bond acceptors (Lipinski definition) is 5. The van der Waals surface area contributed by atoms with Crippen molar-refractivity contribution >= 4 is 57.3 Å². The van der Waals surface area contributed by atoms with E-state index in [2.05, 4.69) is 26.1 Å². The highest BCUT2D eigenvalue weighted by Gasteiger charge is 2.27. The molecule has 3 rings (SSSR count). The van der Waals surface area contributed by atoms with E-state index in [1.807, 2.05) is 26.0 Å². The van der Waals surface area contributed by atoms with Gasteiger partial charge in [-0.2, -0.15) is 0 Å². The van der Waals surface area contributed by atoms with E-state index in [1.165, 1.54) is 23.5 Å². The van der Waals surface area contributed by atoms with Crippen molar-refractivity contribution < 1.29 is 14.0 Å². The topological polar surface area (TPSA) is 96.0 Å². The first-order valence-electron chi connectivity index (χ1n) is 9.69. The molecule has 0 bridgehead atoms. The van der Waals surface area contributed by atoms with Gasteiger partial charge >= 0.3 is 6.03 Å². The predicted octanol–water partition coefficient (Wildman–Crippen LogP) is 5.83. The van der Waals surface area contributed by atoms with Gasteiger partial charge in [0.25, 0.3) is 0 Å². The van der Waals surface area contributed by atoms with Gasteiger partial charge in [-0.3, -0.25) is 10.1 Å². The Morgan fingerprint density at radius 3 is 2.47 bits per heavy atom. The van der Waals surface area contributed by atoms with Gasteiger partial charge in [-0.15, -0.1) is 10.2 Å². The molecule has 11 heteroatoms. The largest absolute Gasteiger partial charge is 0.326 e. The molecule has 2 atom stereocenters. The van der Waals surface area contributed by atoms with Crippen molar-refractivity contribution in [2.24, 2.45) is 5.92 Å². The van der Waals surface area contributed by atoms with Gasteiger partial charge in [-0.1, -0.05) is 66.9 Å². The number of rotatable bonds is 7. The molecule has 1 heterocycles. The number of benzene rings is 2. The van der Waals surface area contributed by atoms with Gasteiger partial charge in [0.2, 0.25) is 11.0 Å². The number of anilines is 2. The fourth-order valence-corrected chi connectivity index (χ4v) is 3.81. The summed E-state index contributed by atoms with van der Waals surface area (Å²) in [6, 6.07) is 9.45. The second-order valence-corrected chi connectivity index (χ2v) is 8.82. The molecule has 0 saturated carbocycles. The van der Waals surface area contributed by atoms with Crippen LogP contribution >= 0.6 is 34.5 Å². The van der Waals surface area contributed by atoms with Crippen LogP contribution < -0.4 is 16.0 Å². The molecule has 1 aromatic heterocycles. The lowest BCUT2D eigenvalue weighted by atomic mass is 9.98. The molecule has 0 saturated heterocycles. The summed E-state index contributed by atoms with van der Waals surface area (Å²) in [4.78, 5) is 25.3. The molecule has 7 nitrogen and oxygen atoms in total. The number of carbonyl (C=O) groups excluding carboxylic acids is 2. The first kappa shape index (κ1) is 23.9. The lowest BCUT2D eigenvalue weighted by molar-refractivity contribution is -0.119. The molecular weight excluding hydrogens is 476 g/mol. The number of hydrogen-bond donors (Lipinski definition) is 3. The number of aromatic nitrogens is 2. The van der Waals surface area contributed by atoms with Crippen molar-refractivity contribution in [1.29, 1.82) is 0 Å². The van der Waals surface area contributed by atoms with E-state index < -0.39 is 23.8 Å². The first-order valence-corrected chi connectivity index (χ1v) is 11.3. The van der Waals surface area contributed by atoms with Crippen LogP contribution in [-0.2, 0) is 4.79 Å². The Labute approximate surface area is 198 Å². The lowest BCUT2D eigenvalue weighted by Gasteiger charge is -2.23. The minimum absolute atomic E-state index is 0.119. The van der Waals surface area contributed by atoms with Crippen LogP contribution in [0.4, 0.5) is 20.0 Å². The average molecular weight is 496 g/mol. The molecule has 168 valence electrons. The molecule has 3 aromatic rings. The summed E-state index contributed by atoms with van der Waals surface area (Å²) < 4.78 is 13.3. The second kappa shape index (κ2) is 10.7. The molecule has 32 heavy (non-hydrogen) atoms. The summed E-state index contributed by atoms with van der Waals surface area (Å²) in [6.45, 7) is 3.76. The maximum Gasteiger partial charge on any atom is 0.319 e. The third-order valence-corrected chi connectivity index (χ3v) is 6.14. The van der Waals surface area contributed by atoms with Crippen molar-refractivity contribution in [3.8, 4) is 10.6 Å². The maximum atomic E-state index is 13.3. The van der Waals surface area contributed by atoms with E-state index in [9.17, 15) is 14.0 Å². The maximum absolute atomic E-state index is 13.3. The van der Waals surface area contributed by atoms with Crippen LogP contribution in [0.15, 0.2) is 42.5 Å². The third kappa shape index (κ3) is 6.15. The van der Waals surface area contributed by atoms with Crippen molar-refractivity contribution in [2.45, 2.75) is 26.3 Å². The highest BCUT2D eigenvalue weighted by molar-refractivity contribution is 7.18. The zero-order valence-electron chi connectivity index (χ0n) is 17.2. The van der Waals surface area contributed by atoms with Crippen LogP contribution in [0.2, 0.25) is 10.0 Å². The third-order valence-electron chi connectivity index (χ3n) is 4.71. The Morgan fingerprint density at radius 1 is 1.09 bits per heavy atom. The highest BCUT2D eigenvalue weighted by atomic mass is 35.5. The molecule has 3 amide bonds. The Morgan fingerprint density at radius 2 is 1.81 bits per heavy atom. The quantitative estimate of drug-likeness (QED) is 0.384. The second-order valence-electron chi connectivity index (χ2n) is 7.00. The minimum atomic E-state index is -0.834. The van der Waals surface area contributed by atoms with Crippen molar-refractivity contribution in [1.82, 2.24) is 15.5 Å². The number of carbonyl (C=O) groups is 2. The Hall–Kier alpha value is -2.75. The number of urea groups is 1. The Bertz CT molecular complexity index is 1110. The molecular formula is C21H20Cl2FN5O2S. The van der Waals surface area contributed by atoms with Crippen LogP contribution in [0, 0.1) is 11.7 Å². The summed E-state index contributed by atoms with van der Waals surface area (Å²) in [5.74, 6) is -1.18. The molecule has 0 unspecified atom stereocenters. The number of amides is 3. The molecule has 0 fully saturated rings. The van der Waals surface area contributed by atoms with Gasteiger partial charge in [0, 0.05) is 16.3 Å². The van der Waals surface area contributed by atoms with E-state index in [4.69, 9.17) is 23.2 Å². The number of nitrogens with zero attached hydrogens (tertiary/aromatic N) is 2. The molecule has 0 aliphatic heterocycles. The van der Waals surface area contributed by atoms with Gasteiger partial charge in [0.05, 0.1) is 5.02 Å². The molecule has 2 aromatic carbocycles. The van der Waals surface area contributed by atoms with E-state index in [0.717, 1.165) is 11.6 Å². The lowest BCUT2D eigenvalue weighted by Crippen LogP contribution is -2.49. The number of nitrogens with one attached hydrogen (secondary N) is 3. The average Bonchev–Trinajstić information content (AvgIpc) is 3.23. The van der Waals surface area contributed by atoms with Gasteiger partial charge in [0.1, 0.15) is 16.9 Å². The summed E-state index contributed by atoms with van der Waals surface area (Å²) in [7, 11) is 0. The summed E-state index contributed by atoms with van der Waals surface area (Å²) in [5.41, 5.74) is 1.12. The highest BCUT2D eigenvalue weighted by Crippen LogP contribution is 2.27. The van der Waals surface area contributed by atoms with Crippen molar-refractivity contribution in [2.75, 3.05) is 10.6 Å². The van der Waals surface area contributed by atoms with E-state index in [1.54, 1.807) is 12.1 Å². The summed E-state index contributed by atoms with van der Waals surface area (Å²) in [5, 5.41) is 17.4. The van der Waals surface area contributed by atoms with Gasteiger partial charge in [-0.05, 0) is 36.2 Å². The fourth-order valence-electron chi connectivity index (χ4n) is 2.75. The Balaban J connectivity index is 1.67. The van der Waals surface area contributed by atoms with Crippen molar-refractivity contribution in [3.05, 3.63) is 58.3 Å². The number of halogens is 3. The molecule has 3 N–H and O–H groups in total. The van der Waals surface area contributed by atoms with Crippen LogP contribution in [0.3, 0.4) is 0 Å². The minimum Gasteiger partial charge on any atom is -0.326 e. The molecule has 0 aliphatic carbocycles. The molecule has 0 aliphatic rings. The predicted molar refractivity (Wildman–Crippen MR) is 126 cm³/mol. The monoisotopic (exact) mass is 495 g/mol. The molecule has 0 spiro atoms. The zero-order chi connectivity index (χ0) is 23.3. The molecule has 0 radical (unpaired) electrons. The van der Waals surface area contributed by atoms with E-state index >= 15 is 0 Å². The SMILES string of the molecule is CC[C@H](C)[C@H](NC(=O)Nc1ccc(F)c(Cl)c1)C(=O)Nc1nnc(-c2ccc(Cl)cc2)s1. The van der Waals surface area contributed by atoms with Crippen LogP contribution in [0.25, 0.3) is 10.6 Å². The van der Waals surface area contributed by atoms with Gasteiger partial charge < -0.3 is 10.6 Å². The van der Waals surface area contributed by atoms with Gasteiger partial charge in [0.15, 0.2) is 0 Å². The van der Waals surface area contributed by atoms with Crippen LogP contribution in [0.5, 0.6) is 0 Å². The zero-order valence-corrected chi connectivity index (χ0v) is 19.5. The summed E-state index contributed by atoms with van der Waals surface area (Å²) in [6.07, 6.45) is 0.646. The standard InChI is InChI=1S/C21H20Cl2FN5O2S/c1-3-11(2)17(26-20(31)25-14-8-9-16(24)15(23)10-14)18(30)27-21-29-28-19(32-21)12-4-6-13(22)7-5-12/h4-11,17H,3H2,1-2H3,(H2,25,26,31)(H,27,29,30)/t11-,17-/m0/s1. The van der Waals surface area contributed by atoms with E-state index in [-0.39, 0.29) is 10.9 Å².